The molecule has 2 aromatic rings. The lowest BCUT2D eigenvalue weighted by Crippen LogP contribution is -1.92. The fourth-order valence-corrected chi connectivity index (χ4v) is 2.28. The molecule has 88 valence electrons. The molecule has 0 aromatic heterocycles. The summed E-state index contributed by atoms with van der Waals surface area (Å²) in [7, 11) is 0. The number of fused-ring (bicyclic) bond motifs is 1. The molecule has 0 saturated carbocycles. The first-order valence-electron chi connectivity index (χ1n) is 5.53. The lowest BCUT2D eigenvalue weighted by molar-refractivity contribution is 0.0717. The number of halogens is 1. The van der Waals surface area contributed by atoms with E-state index in [-0.39, 0.29) is 5.97 Å². The van der Waals surface area contributed by atoms with Gasteiger partial charge in [0, 0.05) is 10.0 Å². The zero-order valence-corrected chi connectivity index (χ0v) is 11.0. The third-order valence-corrected chi connectivity index (χ3v) is 3.26. The number of ether oxygens (including phenoxy) is 1. The molecule has 0 saturated heterocycles. The maximum atomic E-state index is 11.7. The van der Waals surface area contributed by atoms with Gasteiger partial charge in [-0.2, -0.15) is 0 Å². The average molecular weight is 301 g/mol. The highest BCUT2D eigenvalue weighted by molar-refractivity contribution is 9.10. The van der Waals surface area contributed by atoms with E-state index in [4.69, 9.17) is 4.74 Å². The smallest absolute Gasteiger partial charge is 0.344 e. The molecule has 1 aliphatic rings. The summed E-state index contributed by atoms with van der Waals surface area (Å²) in [5.41, 5.74) is 2.45. The highest BCUT2D eigenvalue weighted by atomic mass is 79.9. The van der Waals surface area contributed by atoms with E-state index >= 15 is 0 Å². The zero-order chi connectivity index (χ0) is 12.5. The van der Waals surface area contributed by atoms with Crippen LogP contribution in [0.5, 0.6) is 0 Å². The fourth-order valence-electron chi connectivity index (χ4n) is 1.92. The molecule has 0 spiro atoms. The fraction of sp³-hybridized carbons (Fsp3) is 0. The molecule has 0 amide bonds. The van der Waals surface area contributed by atoms with Crippen molar-refractivity contribution in [3.8, 4) is 0 Å². The molecular weight excluding hydrogens is 292 g/mol. The maximum Gasteiger partial charge on any atom is 0.344 e. The van der Waals surface area contributed by atoms with Crippen molar-refractivity contribution in [2.75, 3.05) is 0 Å². The van der Waals surface area contributed by atoms with Gasteiger partial charge in [0.2, 0.25) is 0 Å². The van der Waals surface area contributed by atoms with Gasteiger partial charge < -0.3 is 4.74 Å². The quantitative estimate of drug-likeness (QED) is 0.741. The van der Waals surface area contributed by atoms with Crippen LogP contribution in [0.2, 0.25) is 0 Å². The summed E-state index contributed by atoms with van der Waals surface area (Å²) in [4.78, 5) is 11.7. The first-order chi connectivity index (χ1) is 8.74. The largest absolute Gasteiger partial charge is 0.422 e. The minimum absolute atomic E-state index is 0.292. The molecule has 0 N–H and O–H groups in total. The minimum Gasteiger partial charge on any atom is -0.422 e. The van der Waals surface area contributed by atoms with Gasteiger partial charge in [-0.1, -0.05) is 46.3 Å². The molecule has 0 radical (unpaired) electrons. The van der Waals surface area contributed by atoms with Gasteiger partial charge >= 0.3 is 5.97 Å². The molecule has 2 nitrogen and oxygen atoms in total. The number of carbonyl (C=O) groups excluding carboxylic acids is 1. The molecule has 2 aromatic carbocycles. The van der Waals surface area contributed by atoms with Crippen molar-refractivity contribution in [1.82, 2.24) is 0 Å². The number of hydrogen-bond donors (Lipinski definition) is 0. The molecule has 1 aliphatic heterocycles. The van der Waals surface area contributed by atoms with Crippen LogP contribution in [0.1, 0.15) is 21.5 Å². The summed E-state index contributed by atoms with van der Waals surface area (Å²) in [6.45, 7) is 0. The third-order valence-electron chi connectivity index (χ3n) is 2.77. The minimum atomic E-state index is -0.292. The summed E-state index contributed by atoms with van der Waals surface area (Å²) in [5, 5.41) is 0. The van der Waals surface area contributed by atoms with Gasteiger partial charge in [-0.3, -0.25) is 0 Å². The third kappa shape index (κ3) is 1.97. The van der Waals surface area contributed by atoms with Crippen LogP contribution in [0.4, 0.5) is 0 Å². The Morgan fingerprint density at radius 1 is 1.00 bits per heavy atom. The lowest BCUT2D eigenvalue weighted by Gasteiger charge is -1.99. The first-order valence-corrected chi connectivity index (χ1v) is 6.32. The molecule has 0 fully saturated rings. The van der Waals surface area contributed by atoms with Crippen LogP contribution >= 0.6 is 15.9 Å². The summed E-state index contributed by atoms with van der Waals surface area (Å²) in [6, 6.07) is 15.3. The van der Waals surface area contributed by atoms with Gasteiger partial charge in [-0.05, 0) is 29.8 Å². The lowest BCUT2D eigenvalue weighted by atomic mass is 10.1. The molecule has 0 unspecified atom stereocenters. The SMILES string of the molecule is O=C1OC(=Cc2ccccc2)c2cc(Br)ccc21. The van der Waals surface area contributed by atoms with Crippen LogP contribution in [-0.2, 0) is 4.74 Å². The number of benzene rings is 2. The van der Waals surface area contributed by atoms with Crippen LogP contribution in [0, 0.1) is 0 Å². The van der Waals surface area contributed by atoms with Gasteiger partial charge in [0.05, 0.1) is 5.56 Å². The number of cyclic esters (lactones) is 1. The Labute approximate surface area is 113 Å². The van der Waals surface area contributed by atoms with E-state index in [1.54, 1.807) is 6.07 Å². The second-order valence-electron chi connectivity index (χ2n) is 4.00. The van der Waals surface area contributed by atoms with Crippen LogP contribution in [0.25, 0.3) is 11.8 Å². The monoisotopic (exact) mass is 300 g/mol. The van der Waals surface area contributed by atoms with Gasteiger partial charge in [0.1, 0.15) is 5.76 Å². The van der Waals surface area contributed by atoms with E-state index in [2.05, 4.69) is 15.9 Å². The number of hydrogen-bond acceptors (Lipinski definition) is 2. The van der Waals surface area contributed by atoms with Gasteiger partial charge in [0.15, 0.2) is 0 Å². The van der Waals surface area contributed by atoms with Gasteiger partial charge in [0.25, 0.3) is 0 Å². The Balaban J connectivity index is 2.10. The van der Waals surface area contributed by atoms with Crippen molar-refractivity contribution in [1.29, 1.82) is 0 Å². The van der Waals surface area contributed by atoms with Crippen molar-refractivity contribution in [2.45, 2.75) is 0 Å². The van der Waals surface area contributed by atoms with E-state index in [0.717, 1.165) is 15.6 Å². The normalized spacial score (nSPS) is 15.6. The molecule has 0 aliphatic carbocycles. The Morgan fingerprint density at radius 2 is 1.78 bits per heavy atom. The summed E-state index contributed by atoms with van der Waals surface area (Å²) in [5.74, 6) is 0.308. The second-order valence-corrected chi connectivity index (χ2v) is 4.91. The van der Waals surface area contributed by atoms with E-state index in [1.165, 1.54) is 0 Å². The zero-order valence-electron chi connectivity index (χ0n) is 9.39. The van der Waals surface area contributed by atoms with Crippen molar-refractivity contribution in [3.05, 3.63) is 69.7 Å². The predicted octanol–water partition coefficient (Wildman–Crippen LogP) is 4.12. The Bertz CT molecular complexity index is 645. The van der Waals surface area contributed by atoms with E-state index in [0.29, 0.717) is 11.3 Å². The Hall–Kier alpha value is -1.87. The van der Waals surface area contributed by atoms with Crippen LogP contribution in [0.3, 0.4) is 0 Å². The summed E-state index contributed by atoms with van der Waals surface area (Å²) >= 11 is 3.40. The number of carbonyl (C=O) groups is 1. The van der Waals surface area contributed by atoms with Crippen molar-refractivity contribution < 1.29 is 9.53 Å². The molecular formula is C15H9BrO2. The Kier molecular flexibility index (Phi) is 2.76. The van der Waals surface area contributed by atoms with Crippen molar-refractivity contribution >= 4 is 33.7 Å². The highest BCUT2D eigenvalue weighted by Crippen LogP contribution is 2.33. The van der Waals surface area contributed by atoms with Crippen LogP contribution in [-0.4, -0.2) is 5.97 Å². The number of esters is 1. The number of rotatable bonds is 1. The first kappa shape index (κ1) is 11.2. The summed E-state index contributed by atoms with van der Waals surface area (Å²) in [6.07, 6.45) is 1.87. The maximum absolute atomic E-state index is 11.7. The van der Waals surface area contributed by atoms with Crippen molar-refractivity contribution in [2.24, 2.45) is 0 Å². The average Bonchev–Trinajstić information content (AvgIpc) is 2.67. The van der Waals surface area contributed by atoms with Gasteiger partial charge in [-0.15, -0.1) is 0 Å². The van der Waals surface area contributed by atoms with E-state index < -0.39 is 0 Å². The molecule has 0 bridgehead atoms. The Morgan fingerprint density at radius 3 is 2.56 bits per heavy atom. The van der Waals surface area contributed by atoms with E-state index in [9.17, 15) is 4.79 Å². The molecule has 18 heavy (non-hydrogen) atoms. The van der Waals surface area contributed by atoms with Crippen LogP contribution in [0.15, 0.2) is 53.0 Å². The van der Waals surface area contributed by atoms with Gasteiger partial charge in [-0.25, -0.2) is 4.79 Å². The summed E-state index contributed by atoms with van der Waals surface area (Å²) < 4.78 is 6.22. The molecule has 1 heterocycles. The van der Waals surface area contributed by atoms with E-state index in [1.807, 2.05) is 48.5 Å². The topological polar surface area (TPSA) is 26.3 Å². The molecule has 3 heteroatoms. The van der Waals surface area contributed by atoms with Crippen molar-refractivity contribution in [3.63, 3.8) is 0 Å². The molecule has 0 atom stereocenters. The van der Waals surface area contributed by atoms with Crippen LogP contribution < -0.4 is 0 Å². The predicted molar refractivity (Wildman–Crippen MR) is 73.9 cm³/mol. The highest BCUT2D eigenvalue weighted by Gasteiger charge is 2.26. The second kappa shape index (κ2) is 4.42. The standard InChI is InChI=1S/C15H9BrO2/c16-11-6-7-12-13(9-11)14(18-15(12)17)8-10-4-2-1-3-5-10/h1-9H. The molecule has 3 rings (SSSR count).